The lowest BCUT2D eigenvalue weighted by molar-refractivity contribution is 0.0602. The van der Waals surface area contributed by atoms with E-state index < -0.39 is 11.5 Å². The Hall–Kier alpha value is -2.75. The third-order valence-electron chi connectivity index (χ3n) is 3.80. The van der Waals surface area contributed by atoms with Crippen molar-refractivity contribution in [3.8, 4) is 0 Å². The smallest absolute Gasteiger partial charge is 0.338 e. The number of aryl methyl sites for hydroxylation is 1. The van der Waals surface area contributed by atoms with E-state index >= 15 is 0 Å². The van der Waals surface area contributed by atoms with Gasteiger partial charge in [-0.05, 0) is 19.9 Å². The second-order valence-corrected chi connectivity index (χ2v) is 7.61. The lowest BCUT2D eigenvalue weighted by Crippen LogP contribution is -2.16. The Morgan fingerprint density at radius 2 is 2.00 bits per heavy atom. The molecule has 0 radical (unpaired) electrons. The van der Waals surface area contributed by atoms with Crippen molar-refractivity contribution in [2.24, 2.45) is 0 Å². The minimum absolute atomic E-state index is 0.101. The number of carbonyl (C=O) groups is 1. The van der Waals surface area contributed by atoms with Crippen molar-refractivity contribution in [3.63, 3.8) is 0 Å². The number of ether oxygens (including phenoxy) is 1. The number of fused-ring (bicyclic) bond motifs is 1. The highest BCUT2D eigenvalue weighted by Crippen LogP contribution is 2.32. The maximum Gasteiger partial charge on any atom is 0.338 e. The first-order valence-electron chi connectivity index (χ1n) is 8.30. The number of rotatable bonds is 5. The Morgan fingerprint density at radius 1 is 1.26 bits per heavy atom. The molecule has 0 amide bonds. The van der Waals surface area contributed by atoms with Crippen molar-refractivity contribution >= 4 is 28.8 Å². The molecule has 1 atom stereocenters. The number of aromatic amines is 1. The number of aromatic nitrogens is 5. The molecule has 3 aromatic heterocycles. The van der Waals surface area contributed by atoms with Gasteiger partial charge in [-0.1, -0.05) is 30.8 Å². The van der Waals surface area contributed by atoms with Crippen LogP contribution < -0.4 is 5.56 Å². The number of nitrogens with zero attached hydrogens (tertiary/aromatic N) is 4. The van der Waals surface area contributed by atoms with Crippen molar-refractivity contribution in [1.29, 1.82) is 0 Å². The van der Waals surface area contributed by atoms with E-state index in [1.807, 2.05) is 20.8 Å². The number of hydrogen-bond donors (Lipinski definition) is 1. The number of thioether (sulfide) groups is 1. The highest BCUT2D eigenvalue weighted by molar-refractivity contribution is 7.99. The summed E-state index contributed by atoms with van der Waals surface area (Å²) in [6.45, 7) is 7.54. The molecule has 0 aromatic carbocycles. The van der Waals surface area contributed by atoms with Gasteiger partial charge in [-0.15, -0.1) is 0 Å². The molecule has 9 nitrogen and oxygen atoms in total. The van der Waals surface area contributed by atoms with Crippen LogP contribution in [0.1, 0.15) is 59.7 Å². The molecule has 1 N–H and O–H groups in total. The molecule has 0 aliphatic heterocycles. The first-order chi connectivity index (χ1) is 12.8. The van der Waals surface area contributed by atoms with Gasteiger partial charge in [-0.25, -0.2) is 14.8 Å². The lowest BCUT2D eigenvalue weighted by Gasteiger charge is -2.08. The van der Waals surface area contributed by atoms with E-state index in [4.69, 9.17) is 9.26 Å². The molecule has 0 spiro atoms. The van der Waals surface area contributed by atoms with E-state index in [1.54, 1.807) is 6.92 Å². The zero-order valence-electron chi connectivity index (χ0n) is 15.6. The van der Waals surface area contributed by atoms with E-state index in [-0.39, 0.29) is 27.8 Å². The van der Waals surface area contributed by atoms with E-state index in [2.05, 4.69) is 25.1 Å². The number of nitrogens with one attached hydrogen (secondary N) is 1. The fourth-order valence-electron chi connectivity index (χ4n) is 2.44. The van der Waals surface area contributed by atoms with E-state index in [0.717, 1.165) is 0 Å². The van der Waals surface area contributed by atoms with Crippen molar-refractivity contribution < 1.29 is 14.1 Å². The van der Waals surface area contributed by atoms with E-state index in [9.17, 15) is 9.59 Å². The average Bonchev–Trinajstić information content (AvgIpc) is 3.10. The number of H-pyrrole nitrogens is 1. The zero-order valence-corrected chi connectivity index (χ0v) is 16.4. The first kappa shape index (κ1) is 19.0. The average molecular weight is 389 g/mol. The van der Waals surface area contributed by atoms with Crippen LogP contribution in [0, 0.1) is 6.92 Å². The molecule has 27 heavy (non-hydrogen) atoms. The molecule has 3 heterocycles. The molecule has 0 aliphatic carbocycles. The van der Waals surface area contributed by atoms with Gasteiger partial charge in [0.1, 0.15) is 0 Å². The standard InChI is InChI=1S/C17H19N5O4S/c1-7(2)12-19-15(26-22-12)9(4)27-17-20-13-11(14(23)21-17)10(16(24)25-5)6-8(3)18-13/h6-7,9H,1-5H3,(H,18,20,21,23). The second kappa shape index (κ2) is 7.47. The summed E-state index contributed by atoms with van der Waals surface area (Å²) in [5.41, 5.74) is 0.415. The van der Waals surface area contributed by atoms with Crippen LogP contribution in [0.5, 0.6) is 0 Å². The highest BCUT2D eigenvalue weighted by Gasteiger charge is 2.21. The normalized spacial score (nSPS) is 12.5. The topological polar surface area (TPSA) is 124 Å². The molecule has 1 unspecified atom stereocenters. The number of esters is 1. The summed E-state index contributed by atoms with van der Waals surface area (Å²) < 4.78 is 10.0. The van der Waals surface area contributed by atoms with Crippen LogP contribution in [0.15, 0.2) is 20.5 Å². The van der Waals surface area contributed by atoms with E-state index in [1.165, 1.54) is 24.9 Å². The van der Waals surface area contributed by atoms with Gasteiger partial charge in [-0.3, -0.25) is 4.79 Å². The second-order valence-electron chi connectivity index (χ2n) is 6.28. The quantitative estimate of drug-likeness (QED) is 0.398. The van der Waals surface area contributed by atoms with Crippen molar-refractivity contribution in [2.75, 3.05) is 7.11 Å². The fraction of sp³-hybridized carbons (Fsp3) is 0.412. The molecule has 3 aromatic rings. The van der Waals surface area contributed by atoms with E-state index in [0.29, 0.717) is 22.6 Å². The maximum absolute atomic E-state index is 12.6. The Balaban J connectivity index is 1.98. The number of pyridine rings is 1. The molecule has 0 bridgehead atoms. The summed E-state index contributed by atoms with van der Waals surface area (Å²) >= 11 is 1.26. The predicted octanol–water partition coefficient (Wildman–Crippen LogP) is 2.77. The fourth-order valence-corrected chi connectivity index (χ4v) is 3.26. The van der Waals surface area contributed by atoms with Crippen LogP contribution in [0.4, 0.5) is 0 Å². The largest absolute Gasteiger partial charge is 0.465 e. The van der Waals surface area contributed by atoms with Crippen LogP contribution in [0.25, 0.3) is 11.0 Å². The van der Waals surface area contributed by atoms with Gasteiger partial charge in [0.15, 0.2) is 16.6 Å². The summed E-state index contributed by atoms with van der Waals surface area (Å²) in [7, 11) is 1.26. The summed E-state index contributed by atoms with van der Waals surface area (Å²) in [5, 5.41) is 4.16. The van der Waals surface area contributed by atoms with Gasteiger partial charge in [-0.2, -0.15) is 4.98 Å². The van der Waals surface area contributed by atoms with Crippen molar-refractivity contribution in [3.05, 3.63) is 39.4 Å². The van der Waals surface area contributed by atoms with Gasteiger partial charge < -0.3 is 14.2 Å². The molecule has 142 valence electrons. The third kappa shape index (κ3) is 3.85. The van der Waals surface area contributed by atoms with Crippen LogP contribution in [-0.2, 0) is 4.74 Å². The predicted molar refractivity (Wildman–Crippen MR) is 98.9 cm³/mol. The monoisotopic (exact) mass is 389 g/mol. The van der Waals surface area contributed by atoms with Crippen molar-refractivity contribution in [1.82, 2.24) is 25.1 Å². The van der Waals surface area contributed by atoms with Crippen LogP contribution in [-0.4, -0.2) is 38.2 Å². The minimum Gasteiger partial charge on any atom is -0.465 e. The summed E-state index contributed by atoms with van der Waals surface area (Å²) in [6, 6.07) is 1.51. The number of carbonyl (C=O) groups excluding carboxylic acids is 1. The summed E-state index contributed by atoms with van der Waals surface area (Å²) in [6.07, 6.45) is 0. The van der Waals surface area contributed by atoms with Crippen LogP contribution >= 0.6 is 11.8 Å². The molecule has 0 aliphatic rings. The maximum atomic E-state index is 12.6. The molecular weight excluding hydrogens is 370 g/mol. The molecule has 3 rings (SSSR count). The highest BCUT2D eigenvalue weighted by atomic mass is 32.2. The Kier molecular flexibility index (Phi) is 5.26. The summed E-state index contributed by atoms with van der Waals surface area (Å²) in [5.74, 6) is 0.609. The molecule has 0 fully saturated rings. The van der Waals surface area contributed by atoms with Gasteiger partial charge in [0.2, 0.25) is 5.89 Å². The Labute approximate surface area is 158 Å². The van der Waals surface area contributed by atoms with Gasteiger partial charge >= 0.3 is 5.97 Å². The number of methoxy groups -OCH3 is 1. The van der Waals surface area contributed by atoms with Gasteiger partial charge in [0.05, 0.1) is 23.3 Å². The molecule has 0 saturated heterocycles. The number of hydrogen-bond acceptors (Lipinski definition) is 9. The zero-order chi connectivity index (χ0) is 19.7. The third-order valence-corrected chi connectivity index (χ3v) is 4.77. The molecular formula is C17H19N5O4S. The Morgan fingerprint density at radius 3 is 2.63 bits per heavy atom. The van der Waals surface area contributed by atoms with Crippen molar-refractivity contribution in [2.45, 2.75) is 44.0 Å². The minimum atomic E-state index is -0.612. The van der Waals surface area contributed by atoms with Crippen LogP contribution in [0.2, 0.25) is 0 Å². The first-order valence-corrected chi connectivity index (χ1v) is 9.18. The summed E-state index contributed by atoms with van der Waals surface area (Å²) in [4.78, 5) is 40.2. The SMILES string of the molecule is COC(=O)c1cc(C)nc2nc(SC(C)c3nc(C(C)C)no3)[nH]c(=O)c12. The van der Waals surface area contributed by atoms with Gasteiger partial charge in [0, 0.05) is 11.6 Å². The van der Waals surface area contributed by atoms with Gasteiger partial charge in [0.25, 0.3) is 5.56 Å². The molecule has 10 heteroatoms. The lowest BCUT2D eigenvalue weighted by atomic mass is 10.1. The molecule has 0 saturated carbocycles. The van der Waals surface area contributed by atoms with Crippen LogP contribution in [0.3, 0.4) is 0 Å². The Bertz CT molecular complexity index is 1060.